The molecule has 18 heavy (non-hydrogen) atoms. The zero-order chi connectivity index (χ0) is 13.4. The minimum atomic E-state index is -0.427. The number of aryl methyl sites for hydroxylation is 1. The molecule has 1 atom stereocenters. The molecule has 1 aromatic carbocycles. The molecule has 0 bridgehead atoms. The number of thioether (sulfide) groups is 1. The first-order chi connectivity index (χ1) is 8.61. The van der Waals surface area contributed by atoms with Crippen molar-refractivity contribution >= 4 is 17.7 Å². The van der Waals surface area contributed by atoms with Gasteiger partial charge >= 0.3 is 0 Å². The van der Waals surface area contributed by atoms with Crippen molar-refractivity contribution in [3.8, 4) is 0 Å². The average molecular weight is 267 g/mol. The van der Waals surface area contributed by atoms with Crippen LogP contribution >= 0.6 is 11.8 Å². The number of hydrogen-bond acceptors (Lipinski definition) is 3. The molecule has 0 spiro atoms. The lowest BCUT2D eigenvalue weighted by Gasteiger charge is -2.10. The molecule has 4 heteroatoms. The molecule has 1 aromatic rings. The molecule has 0 aliphatic rings. The Balaban J connectivity index is 2.22. The Morgan fingerprint density at radius 1 is 1.39 bits per heavy atom. The van der Waals surface area contributed by atoms with Crippen molar-refractivity contribution in [1.29, 1.82) is 0 Å². The van der Waals surface area contributed by atoms with Gasteiger partial charge in [0.2, 0.25) is 5.91 Å². The fraction of sp³-hybridized carbons (Fsp3) is 0.500. The molecule has 0 fully saturated rings. The van der Waals surface area contributed by atoms with Gasteiger partial charge in [-0.3, -0.25) is 4.79 Å². The molecule has 0 heterocycles. The van der Waals surface area contributed by atoms with E-state index in [0.29, 0.717) is 12.3 Å². The Morgan fingerprint density at radius 2 is 2.06 bits per heavy atom. The zero-order valence-electron chi connectivity index (χ0n) is 11.0. The van der Waals surface area contributed by atoms with Crippen molar-refractivity contribution < 1.29 is 9.90 Å². The number of carbonyl (C=O) groups is 1. The van der Waals surface area contributed by atoms with E-state index in [-0.39, 0.29) is 5.91 Å². The van der Waals surface area contributed by atoms with Crippen LogP contribution in [0.5, 0.6) is 0 Å². The van der Waals surface area contributed by atoms with Crippen LogP contribution < -0.4 is 5.32 Å². The van der Waals surface area contributed by atoms with Crippen LogP contribution in [0, 0.1) is 6.92 Å². The molecular weight excluding hydrogens is 246 g/mol. The molecule has 1 amide bonds. The summed E-state index contributed by atoms with van der Waals surface area (Å²) in [6.07, 6.45) is 1.23. The fourth-order valence-corrected chi connectivity index (χ4v) is 2.23. The van der Waals surface area contributed by atoms with Crippen molar-refractivity contribution in [1.82, 2.24) is 5.32 Å². The summed E-state index contributed by atoms with van der Waals surface area (Å²) < 4.78 is 0. The van der Waals surface area contributed by atoms with E-state index in [1.807, 2.05) is 38.1 Å². The van der Waals surface area contributed by atoms with E-state index in [4.69, 9.17) is 0 Å². The van der Waals surface area contributed by atoms with Crippen molar-refractivity contribution in [3.05, 3.63) is 29.8 Å². The summed E-state index contributed by atoms with van der Waals surface area (Å²) >= 11 is 1.51. The summed E-state index contributed by atoms with van der Waals surface area (Å²) in [5.41, 5.74) is 1.21. The summed E-state index contributed by atoms with van der Waals surface area (Å²) in [6, 6.07) is 8.09. The van der Waals surface area contributed by atoms with Crippen molar-refractivity contribution in [2.45, 2.75) is 37.7 Å². The number of rotatable bonds is 7. The maximum absolute atomic E-state index is 11.5. The van der Waals surface area contributed by atoms with Gasteiger partial charge in [-0.25, -0.2) is 0 Å². The Labute approximate surface area is 113 Å². The summed E-state index contributed by atoms with van der Waals surface area (Å²) in [6.45, 7) is 4.40. The summed E-state index contributed by atoms with van der Waals surface area (Å²) in [5.74, 6) is 0.359. The van der Waals surface area contributed by atoms with Crippen LogP contribution in [0.15, 0.2) is 29.2 Å². The standard InChI is InChI=1S/C14H21NO2S/c1-3-4-12(16)9-15-14(17)10-18-13-7-5-11(2)6-8-13/h5-8,12,16H,3-4,9-10H2,1-2H3,(H,15,17). The van der Waals surface area contributed by atoms with Crippen LogP contribution in [0.25, 0.3) is 0 Å². The molecule has 0 radical (unpaired) electrons. The lowest BCUT2D eigenvalue weighted by atomic mass is 10.2. The Bertz CT molecular complexity index is 365. The molecule has 0 saturated heterocycles. The highest BCUT2D eigenvalue weighted by atomic mass is 32.2. The molecule has 100 valence electrons. The SMILES string of the molecule is CCCC(O)CNC(=O)CSc1ccc(C)cc1. The first-order valence-corrected chi connectivity index (χ1v) is 7.24. The second-order valence-electron chi connectivity index (χ2n) is 4.35. The molecule has 0 aliphatic heterocycles. The lowest BCUT2D eigenvalue weighted by Crippen LogP contribution is -2.33. The third-order valence-electron chi connectivity index (χ3n) is 2.55. The van der Waals surface area contributed by atoms with Crippen LogP contribution in [0.1, 0.15) is 25.3 Å². The minimum absolute atomic E-state index is 0.0317. The van der Waals surface area contributed by atoms with Crippen LogP contribution in [0.4, 0.5) is 0 Å². The Kier molecular flexibility index (Phi) is 6.83. The van der Waals surface area contributed by atoms with E-state index in [0.717, 1.165) is 17.7 Å². The van der Waals surface area contributed by atoms with E-state index in [2.05, 4.69) is 5.32 Å². The van der Waals surface area contributed by atoms with Gasteiger partial charge in [-0.1, -0.05) is 31.0 Å². The van der Waals surface area contributed by atoms with Gasteiger partial charge in [-0.15, -0.1) is 11.8 Å². The van der Waals surface area contributed by atoms with Crippen LogP contribution in [-0.2, 0) is 4.79 Å². The van der Waals surface area contributed by atoms with E-state index < -0.39 is 6.10 Å². The number of benzene rings is 1. The van der Waals surface area contributed by atoms with Gasteiger partial charge in [0.1, 0.15) is 0 Å². The molecule has 0 aliphatic carbocycles. The number of hydrogen-bond donors (Lipinski definition) is 2. The third kappa shape index (κ3) is 6.07. The van der Waals surface area contributed by atoms with E-state index >= 15 is 0 Å². The number of amides is 1. The first kappa shape index (κ1) is 15.1. The van der Waals surface area contributed by atoms with Gasteiger partial charge < -0.3 is 10.4 Å². The van der Waals surface area contributed by atoms with Gasteiger partial charge in [0.15, 0.2) is 0 Å². The molecule has 3 nitrogen and oxygen atoms in total. The number of aliphatic hydroxyl groups is 1. The Hall–Kier alpha value is -1.00. The normalized spacial score (nSPS) is 12.2. The van der Waals surface area contributed by atoms with Crippen LogP contribution in [0.2, 0.25) is 0 Å². The van der Waals surface area contributed by atoms with Crippen LogP contribution in [0.3, 0.4) is 0 Å². The van der Waals surface area contributed by atoms with Crippen molar-refractivity contribution in [3.63, 3.8) is 0 Å². The fourth-order valence-electron chi connectivity index (χ4n) is 1.50. The van der Waals surface area contributed by atoms with E-state index in [1.54, 1.807) is 0 Å². The molecular formula is C14H21NO2S. The van der Waals surface area contributed by atoms with Gasteiger partial charge in [0, 0.05) is 11.4 Å². The predicted molar refractivity (Wildman–Crippen MR) is 75.8 cm³/mol. The smallest absolute Gasteiger partial charge is 0.230 e. The molecule has 1 rings (SSSR count). The highest BCUT2D eigenvalue weighted by molar-refractivity contribution is 8.00. The van der Waals surface area contributed by atoms with Crippen molar-refractivity contribution in [2.24, 2.45) is 0 Å². The van der Waals surface area contributed by atoms with E-state index in [9.17, 15) is 9.90 Å². The monoisotopic (exact) mass is 267 g/mol. The molecule has 0 aromatic heterocycles. The summed E-state index contributed by atoms with van der Waals surface area (Å²) in [4.78, 5) is 12.6. The summed E-state index contributed by atoms with van der Waals surface area (Å²) in [5, 5.41) is 12.2. The van der Waals surface area contributed by atoms with Gasteiger partial charge in [0.25, 0.3) is 0 Å². The van der Waals surface area contributed by atoms with Crippen molar-refractivity contribution in [2.75, 3.05) is 12.3 Å². The maximum atomic E-state index is 11.5. The second-order valence-corrected chi connectivity index (χ2v) is 5.40. The zero-order valence-corrected chi connectivity index (χ0v) is 11.8. The third-order valence-corrected chi connectivity index (χ3v) is 3.56. The summed E-state index contributed by atoms with van der Waals surface area (Å²) in [7, 11) is 0. The quantitative estimate of drug-likeness (QED) is 0.746. The molecule has 0 saturated carbocycles. The average Bonchev–Trinajstić information content (AvgIpc) is 2.36. The highest BCUT2D eigenvalue weighted by Crippen LogP contribution is 2.17. The molecule has 1 unspecified atom stereocenters. The largest absolute Gasteiger partial charge is 0.391 e. The minimum Gasteiger partial charge on any atom is -0.391 e. The predicted octanol–water partition coefficient (Wildman–Crippen LogP) is 2.36. The molecule has 2 N–H and O–H groups in total. The maximum Gasteiger partial charge on any atom is 0.230 e. The van der Waals surface area contributed by atoms with E-state index in [1.165, 1.54) is 17.3 Å². The number of carbonyl (C=O) groups excluding carboxylic acids is 1. The highest BCUT2D eigenvalue weighted by Gasteiger charge is 2.06. The second kappa shape index (κ2) is 8.16. The van der Waals surface area contributed by atoms with Gasteiger partial charge in [-0.05, 0) is 25.5 Å². The number of nitrogens with one attached hydrogen (secondary N) is 1. The number of aliphatic hydroxyl groups excluding tert-OH is 1. The van der Waals surface area contributed by atoms with Gasteiger partial charge in [0.05, 0.1) is 11.9 Å². The van der Waals surface area contributed by atoms with Gasteiger partial charge in [-0.2, -0.15) is 0 Å². The topological polar surface area (TPSA) is 49.3 Å². The lowest BCUT2D eigenvalue weighted by molar-refractivity contribution is -0.119. The van der Waals surface area contributed by atoms with Crippen LogP contribution in [-0.4, -0.2) is 29.4 Å². The Morgan fingerprint density at radius 3 is 2.67 bits per heavy atom. The first-order valence-electron chi connectivity index (χ1n) is 6.26.